The summed E-state index contributed by atoms with van der Waals surface area (Å²) in [6.45, 7) is 5.55. The Kier molecular flexibility index (Phi) is 6.36. The average molecular weight is 324 g/mol. The maximum absolute atomic E-state index is 12.4. The van der Waals surface area contributed by atoms with Gasteiger partial charge in [-0.2, -0.15) is 0 Å². The molecule has 122 valence electrons. The van der Waals surface area contributed by atoms with Gasteiger partial charge in [0.1, 0.15) is 5.01 Å². The van der Waals surface area contributed by atoms with Crippen LogP contribution in [-0.2, 0) is 16.1 Å². The van der Waals surface area contributed by atoms with Crippen LogP contribution in [0.3, 0.4) is 0 Å². The van der Waals surface area contributed by atoms with E-state index in [9.17, 15) is 9.59 Å². The van der Waals surface area contributed by atoms with Crippen LogP contribution in [0.25, 0.3) is 0 Å². The van der Waals surface area contributed by atoms with Crippen LogP contribution in [-0.4, -0.2) is 34.9 Å². The van der Waals surface area contributed by atoms with E-state index in [1.165, 1.54) is 11.3 Å². The maximum atomic E-state index is 12.4. The van der Waals surface area contributed by atoms with E-state index < -0.39 is 5.97 Å². The van der Waals surface area contributed by atoms with Crippen molar-refractivity contribution < 1.29 is 14.3 Å². The van der Waals surface area contributed by atoms with Crippen molar-refractivity contribution in [2.75, 3.05) is 13.2 Å². The maximum Gasteiger partial charge on any atom is 0.357 e. The molecule has 0 aliphatic heterocycles. The molecule has 1 aromatic rings. The number of esters is 1. The summed E-state index contributed by atoms with van der Waals surface area (Å²) in [7, 11) is 0. The van der Waals surface area contributed by atoms with Crippen molar-refractivity contribution in [3.63, 3.8) is 0 Å². The molecule has 0 saturated heterocycles. The van der Waals surface area contributed by atoms with Gasteiger partial charge in [0.05, 0.1) is 13.2 Å². The highest BCUT2D eigenvalue weighted by Gasteiger charge is 2.33. The zero-order valence-electron chi connectivity index (χ0n) is 13.3. The summed E-state index contributed by atoms with van der Waals surface area (Å²) in [6, 6.07) is 0. The van der Waals surface area contributed by atoms with Crippen molar-refractivity contribution >= 4 is 23.2 Å². The number of hydrogen-bond acceptors (Lipinski definition) is 5. The van der Waals surface area contributed by atoms with E-state index in [1.54, 1.807) is 12.3 Å². The molecular weight excluding hydrogens is 300 g/mol. The molecule has 1 amide bonds. The zero-order valence-corrected chi connectivity index (χ0v) is 14.2. The van der Waals surface area contributed by atoms with Crippen LogP contribution in [0.2, 0.25) is 0 Å². The van der Waals surface area contributed by atoms with Crippen LogP contribution in [0.15, 0.2) is 5.38 Å². The molecule has 1 fully saturated rings. The van der Waals surface area contributed by atoms with Crippen molar-refractivity contribution in [3.05, 3.63) is 16.1 Å². The molecule has 0 spiro atoms. The molecule has 1 aromatic heterocycles. The summed E-state index contributed by atoms with van der Waals surface area (Å²) in [6.07, 6.45) is 5.30. The first-order valence-corrected chi connectivity index (χ1v) is 8.94. The van der Waals surface area contributed by atoms with Gasteiger partial charge in [0.2, 0.25) is 5.91 Å². The third kappa shape index (κ3) is 4.80. The Balaban J connectivity index is 1.96. The predicted molar refractivity (Wildman–Crippen MR) is 85.7 cm³/mol. The predicted octanol–water partition coefficient (Wildman–Crippen LogP) is 3.25. The summed E-state index contributed by atoms with van der Waals surface area (Å²) in [5.74, 6) is 0.0613. The molecule has 1 heterocycles. The van der Waals surface area contributed by atoms with Crippen LogP contribution in [0, 0.1) is 5.92 Å². The largest absolute Gasteiger partial charge is 0.461 e. The Bertz CT molecular complexity index is 511. The summed E-state index contributed by atoms with van der Waals surface area (Å²) in [4.78, 5) is 30.2. The molecule has 1 aliphatic carbocycles. The van der Waals surface area contributed by atoms with E-state index >= 15 is 0 Å². The van der Waals surface area contributed by atoms with Gasteiger partial charge >= 0.3 is 5.97 Å². The van der Waals surface area contributed by atoms with Crippen molar-refractivity contribution in [2.45, 2.75) is 52.5 Å². The van der Waals surface area contributed by atoms with Crippen molar-refractivity contribution in [1.82, 2.24) is 9.88 Å². The third-order valence-corrected chi connectivity index (χ3v) is 4.47. The van der Waals surface area contributed by atoms with Gasteiger partial charge in [-0.05, 0) is 26.2 Å². The van der Waals surface area contributed by atoms with Crippen LogP contribution >= 0.6 is 11.3 Å². The lowest BCUT2D eigenvalue weighted by molar-refractivity contribution is -0.133. The Hall–Kier alpha value is -1.43. The Morgan fingerprint density at radius 2 is 2.14 bits per heavy atom. The topological polar surface area (TPSA) is 59.5 Å². The number of aromatic nitrogens is 1. The van der Waals surface area contributed by atoms with Gasteiger partial charge in [-0.15, -0.1) is 11.3 Å². The second-order valence-electron chi connectivity index (χ2n) is 5.59. The van der Waals surface area contributed by atoms with Crippen LogP contribution < -0.4 is 0 Å². The van der Waals surface area contributed by atoms with Gasteiger partial charge in [-0.1, -0.05) is 19.8 Å². The smallest absolute Gasteiger partial charge is 0.357 e. The number of carbonyl (C=O) groups excluding carboxylic acids is 2. The monoisotopic (exact) mass is 324 g/mol. The Labute approximate surface area is 135 Å². The van der Waals surface area contributed by atoms with Crippen LogP contribution in [0.5, 0.6) is 0 Å². The minimum Gasteiger partial charge on any atom is -0.461 e. The number of unbranched alkanes of at least 4 members (excludes halogenated alkanes) is 2. The van der Waals surface area contributed by atoms with Crippen LogP contribution in [0.4, 0.5) is 0 Å². The van der Waals surface area contributed by atoms with Gasteiger partial charge in [0, 0.05) is 17.8 Å². The minimum atomic E-state index is -0.393. The summed E-state index contributed by atoms with van der Waals surface area (Å²) in [5, 5.41) is 2.51. The van der Waals surface area contributed by atoms with Gasteiger partial charge in [0.25, 0.3) is 0 Å². The first-order valence-electron chi connectivity index (χ1n) is 8.06. The molecule has 0 atom stereocenters. The van der Waals surface area contributed by atoms with Gasteiger partial charge in [-0.25, -0.2) is 9.78 Å². The number of nitrogens with zero attached hydrogens (tertiary/aromatic N) is 2. The van der Waals surface area contributed by atoms with Crippen molar-refractivity contribution in [2.24, 2.45) is 5.92 Å². The van der Waals surface area contributed by atoms with Crippen molar-refractivity contribution in [1.29, 1.82) is 0 Å². The molecule has 1 aliphatic rings. The number of hydrogen-bond donors (Lipinski definition) is 0. The summed E-state index contributed by atoms with van der Waals surface area (Å²) >= 11 is 1.41. The number of thiazole rings is 1. The Morgan fingerprint density at radius 1 is 1.36 bits per heavy atom. The fourth-order valence-corrected chi connectivity index (χ4v) is 3.03. The van der Waals surface area contributed by atoms with E-state index in [4.69, 9.17) is 4.74 Å². The summed E-state index contributed by atoms with van der Waals surface area (Å²) < 4.78 is 4.95. The molecule has 1 saturated carbocycles. The molecule has 2 rings (SSSR count). The van der Waals surface area contributed by atoms with Gasteiger partial charge in [-0.3, -0.25) is 4.79 Å². The second-order valence-corrected chi connectivity index (χ2v) is 6.53. The molecule has 22 heavy (non-hydrogen) atoms. The third-order valence-electron chi connectivity index (χ3n) is 3.63. The number of amides is 1. The highest BCUT2D eigenvalue weighted by atomic mass is 32.1. The molecular formula is C16H24N2O3S. The van der Waals surface area contributed by atoms with E-state index in [2.05, 4.69) is 11.9 Å². The van der Waals surface area contributed by atoms with E-state index in [0.29, 0.717) is 18.8 Å². The van der Waals surface area contributed by atoms with Gasteiger partial charge < -0.3 is 9.64 Å². The highest BCUT2D eigenvalue weighted by Crippen LogP contribution is 2.31. The average Bonchev–Trinajstić information content (AvgIpc) is 3.25. The van der Waals surface area contributed by atoms with Crippen LogP contribution in [0.1, 0.15) is 61.4 Å². The molecule has 6 heteroatoms. The fourth-order valence-electron chi connectivity index (χ4n) is 2.25. The first-order chi connectivity index (χ1) is 10.7. The molecule has 0 bridgehead atoms. The molecule has 0 radical (unpaired) electrons. The lowest BCUT2D eigenvalue weighted by Crippen LogP contribution is -2.32. The molecule has 0 aromatic carbocycles. The zero-order chi connectivity index (χ0) is 15.9. The highest BCUT2D eigenvalue weighted by molar-refractivity contribution is 7.09. The number of carbonyl (C=O) groups is 2. The van der Waals surface area contributed by atoms with Gasteiger partial charge in [0.15, 0.2) is 5.69 Å². The van der Waals surface area contributed by atoms with Crippen molar-refractivity contribution in [3.8, 4) is 0 Å². The second kappa shape index (κ2) is 8.27. The Morgan fingerprint density at radius 3 is 2.77 bits per heavy atom. The minimum absolute atomic E-state index is 0.214. The van der Waals surface area contributed by atoms with E-state index in [0.717, 1.165) is 43.7 Å². The SMILES string of the molecule is CCCCCN(Cc1nc(C(=O)OCC)cs1)C(=O)C1CC1. The number of rotatable bonds is 9. The molecule has 0 unspecified atom stereocenters. The summed E-state index contributed by atoms with van der Waals surface area (Å²) in [5.41, 5.74) is 0.342. The fraction of sp³-hybridized carbons (Fsp3) is 0.688. The number of ether oxygens (including phenoxy) is 1. The van der Waals surface area contributed by atoms with E-state index in [1.807, 2.05) is 4.90 Å². The molecule has 5 nitrogen and oxygen atoms in total. The lowest BCUT2D eigenvalue weighted by Gasteiger charge is -2.21. The lowest BCUT2D eigenvalue weighted by atomic mass is 10.2. The normalized spacial score (nSPS) is 13.9. The molecule has 0 N–H and O–H groups in total. The standard InChI is InChI=1S/C16H24N2O3S/c1-3-5-6-9-18(15(19)12-7-8-12)10-14-17-13(11-22-14)16(20)21-4-2/h11-12H,3-10H2,1-2H3. The van der Waals surface area contributed by atoms with E-state index in [-0.39, 0.29) is 11.8 Å². The first kappa shape index (κ1) is 16.9. The quantitative estimate of drug-likeness (QED) is 0.517.